The van der Waals surface area contributed by atoms with E-state index in [-0.39, 0.29) is 0 Å². The van der Waals surface area contributed by atoms with Gasteiger partial charge in [0.2, 0.25) is 0 Å². The maximum Gasteiger partial charge on any atom is -0.00882 e. The van der Waals surface area contributed by atoms with Gasteiger partial charge in [-0.3, -0.25) is 0 Å². The first kappa shape index (κ1) is 9.72. The second-order valence-corrected chi connectivity index (χ2v) is 3.46. The largest absolute Gasteiger partial charge is 0.0795 e. The van der Waals surface area contributed by atoms with Crippen LogP contribution in [0.5, 0.6) is 0 Å². The second-order valence-electron chi connectivity index (χ2n) is 3.46. The van der Waals surface area contributed by atoms with Crippen molar-refractivity contribution in [2.45, 2.75) is 6.42 Å². The van der Waals surface area contributed by atoms with Crippen molar-refractivity contribution in [2.75, 3.05) is 0 Å². The van der Waals surface area contributed by atoms with Gasteiger partial charge in [-0.15, -0.1) is 0 Å². The van der Waals surface area contributed by atoms with Crippen LogP contribution in [0.4, 0.5) is 0 Å². The summed E-state index contributed by atoms with van der Waals surface area (Å²) in [6.45, 7) is 0. The molecule has 74 valence electrons. The third-order valence-electron chi connectivity index (χ3n) is 2.36. The van der Waals surface area contributed by atoms with Crippen LogP contribution in [0.1, 0.15) is 6.42 Å². The highest BCUT2D eigenvalue weighted by Gasteiger charge is 2.01. The molecule has 2 aliphatic rings. The molecule has 2 rings (SSSR count). The van der Waals surface area contributed by atoms with Crippen LogP contribution < -0.4 is 0 Å². The van der Waals surface area contributed by atoms with Gasteiger partial charge >= 0.3 is 0 Å². The average Bonchev–Trinajstić information content (AvgIpc) is 2.65. The molecule has 0 unspecified atom stereocenters. The molecule has 0 aromatic heterocycles. The summed E-state index contributed by atoms with van der Waals surface area (Å²) in [6, 6.07) is 0. The normalized spacial score (nSPS) is 27.7. The fourth-order valence-corrected chi connectivity index (χ4v) is 1.58. The second kappa shape index (κ2) is 5.16. The zero-order valence-corrected chi connectivity index (χ0v) is 8.64. The SMILES string of the molecule is C1=CC2=C(\C=C/C=C\C=C/C=C\1)CC=C2. The van der Waals surface area contributed by atoms with E-state index in [1.54, 1.807) is 0 Å². The zero-order valence-electron chi connectivity index (χ0n) is 8.64. The molecule has 0 aromatic carbocycles. The third kappa shape index (κ3) is 2.81. The summed E-state index contributed by atoms with van der Waals surface area (Å²) < 4.78 is 0. The fourth-order valence-electron chi connectivity index (χ4n) is 1.58. The van der Waals surface area contributed by atoms with Crippen molar-refractivity contribution in [3.8, 4) is 0 Å². The molecule has 0 radical (unpaired) electrons. The highest BCUT2D eigenvalue weighted by molar-refractivity contribution is 5.47. The molecule has 0 bridgehead atoms. The molecular formula is C15H14. The summed E-state index contributed by atoms with van der Waals surface area (Å²) in [5, 5.41) is 0. The Labute approximate surface area is 91.0 Å². The molecule has 0 saturated heterocycles. The van der Waals surface area contributed by atoms with Crippen molar-refractivity contribution in [1.82, 2.24) is 0 Å². The number of hydrogen-bond acceptors (Lipinski definition) is 0. The van der Waals surface area contributed by atoms with E-state index in [9.17, 15) is 0 Å². The van der Waals surface area contributed by atoms with E-state index in [0.717, 1.165) is 6.42 Å². The van der Waals surface area contributed by atoms with Gasteiger partial charge in [-0.25, -0.2) is 0 Å². The Bertz CT molecular complexity index is 421. The van der Waals surface area contributed by atoms with Crippen LogP contribution in [0.15, 0.2) is 84.1 Å². The van der Waals surface area contributed by atoms with E-state index in [4.69, 9.17) is 0 Å². The van der Waals surface area contributed by atoms with E-state index in [0.29, 0.717) is 0 Å². The number of allylic oxidation sites excluding steroid dienone is 14. The Hall–Kier alpha value is -1.82. The standard InChI is InChI=1S/C15H14/c1-2-4-6-8-11-15-13-9-12-14(15)10-7-5-3-1/h1-12H,13H2/b2-1-,3-1?,4-2?,5-3-,6-4-,7-5?,8-6?,10-7?,11-8-,14-10?,15-11?. The topological polar surface area (TPSA) is 0 Å². The van der Waals surface area contributed by atoms with Gasteiger partial charge in [-0.1, -0.05) is 72.9 Å². The lowest BCUT2D eigenvalue weighted by molar-refractivity contribution is 1.32. The van der Waals surface area contributed by atoms with Gasteiger partial charge in [0.15, 0.2) is 0 Å². The molecule has 0 heterocycles. The molecule has 0 N–H and O–H groups in total. The lowest BCUT2D eigenvalue weighted by Gasteiger charge is -1.95. The van der Waals surface area contributed by atoms with Gasteiger partial charge in [0, 0.05) is 0 Å². The molecule has 2 aliphatic carbocycles. The van der Waals surface area contributed by atoms with Gasteiger partial charge in [0.05, 0.1) is 0 Å². The summed E-state index contributed by atoms with van der Waals surface area (Å²) in [7, 11) is 0. The molecule has 0 fully saturated rings. The van der Waals surface area contributed by atoms with Crippen LogP contribution in [-0.4, -0.2) is 0 Å². The van der Waals surface area contributed by atoms with Crippen LogP contribution in [0, 0.1) is 0 Å². The number of rotatable bonds is 0. The van der Waals surface area contributed by atoms with Crippen LogP contribution in [0.2, 0.25) is 0 Å². The molecule has 0 aliphatic heterocycles. The Kier molecular flexibility index (Phi) is 3.34. The van der Waals surface area contributed by atoms with Crippen molar-refractivity contribution in [1.29, 1.82) is 0 Å². The predicted octanol–water partition coefficient (Wildman–Crippen LogP) is 4.04. The minimum Gasteiger partial charge on any atom is -0.0795 e. The monoisotopic (exact) mass is 194 g/mol. The first-order valence-corrected chi connectivity index (χ1v) is 5.21. The van der Waals surface area contributed by atoms with Gasteiger partial charge in [0.1, 0.15) is 0 Å². The molecular weight excluding hydrogens is 180 g/mol. The van der Waals surface area contributed by atoms with Crippen molar-refractivity contribution >= 4 is 0 Å². The lowest BCUT2D eigenvalue weighted by atomic mass is 10.1. The quantitative estimate of drug-likeness (QED) is 0.546. The van der Waals surface area contributed by atoms with E-state index < -0.39 is 0 Å². The maximum absolute atomic E-state index is 2.20. The van der Waals surface area contributed by atoms with Gasteiger partial charge < -0.3 is 0 Å². The molecule has 0 atom stereocenters. The van der Waals surface area contributed by atoms with Crippen molar-refractivity contribution < 1.29 is 0 Å². The summed E-state index contributed by atoms with van der Waals surface area (Å²) in [4.78, 5) is 0. The summed E-state index contributed by atoms with van der Waals surface area (Å²) in [5.74, 6) is 0. The van der Waals surface area contributed by atoms with E-state index in [1.165, 1.54) is 11.1 Å². The Morgan fingerprint density at radius 1 is 0.600 bits per heavy atom. The molecule has 0 amide bonds. The third-order valence-corrected chi connectivity index (χ3v) is 2.36. The Morgan fingerprint density at radius 3 is 1.93 bits per heavy atom. The number of hydrogen-bond donors (Lipinski definition) is 0. The Morgan fingerprint density at radius 2 is 1.20 bits per heavy atom. The van der Waals surface area contributed by atoms with Gasteiger partial charge in [0.25, 0.3) is 0 Å². The van der Waals surface area contributed by atoms with Crippen LogP contribution in [-0.2, 0) is 0 Å². The summed E-state index contributed by atoms with van der Waals surface area (Å²) in [5.41, 5.74) is 2.70. The first-order chi connectivity index (χ1) is 7.47. The van der Waals surface area contributed by atoms with Crippen LogP contribution >= 0.6 is 0 Å². The highest BCUT2D eigenvalue weighted by Crippen LogP contribution is 2.21. The molecule has 0 saturated carbocycles. The Balaban J connectivity index is 2.28. The smallest absolute Gasteiger partial charge is 0.00882 e. The fraction of sp³-hybridized carbons (Fsp3) is 0.0667. The molecule has 0 nitrogen and oxygen atoms in total. The van der Waals surface area contributed by atoms with Crippen LogP contribution in [0.25, 0.3) is 0 Å². The van der Waals surface area contributed by atoms with Gasteiger partial charge in [-0.2, -0.15) is 0 Å². The van der Waals surface area contributed by atoms with E-state index in [1.807, 2.05) is 30.4 Å². The van der Waals surface area contributed by atoms with Crippen molar-refractivity contribution in [2.24, 2.45) is 0 Å². The summed E-state index contributed by atoms with van der Waals surface area (Å²) >= 11 is 0. The lowest BCUT2D eigenvalue weighted by Crippen LogP contribution is -1.76. The molecule has 0 spiro atoms. The van der Waals surface area contributed by atoms with Crippen molar-refractivity contribution in [3.63, 3.8) is 0 Å². The minimum atomic E-state index is 1.05. The maximum atomic E-state index is 2.20. The van der Waals surface area contributed by atoms with E-state index in [2.05, 4.69) is 42.5 Å². The summed E-state index contributed by atoms with van der Waals surface area (Å²) in [6.07, 6.45) is 26.1. The van der Waals surface area contributed by atoms with Gasteiger partial charge in [-0.05, 0) is 17.6 Å². The highest BCUT2D eigenvalue weighted by atomic mass is 14.1. The average molecular weight is 194 g/mol. The first-order valence-electron chi connectivity index (χ1n) is 5.21. The molecule has 0 aromatic rings. The zero-order chi connectivity index (χ0) is 10.3. The molecule has 15 heavy (non-hydrogen) atoms. The van der Waals surface area contributed by atoms with E-state index >= 15 is 0 Å². The predicted molar refractivity (Wildman–Crippen MR) is 66.5 cm³/mol. The molecule has 0 heteroatoms. The van der Waals surface area contributed by atoms with Crippen molar-refractivity contribution in [3.05, 3.63) is 84.1 Å². The minimum absolute atomic E-state index is 1.05. The van der Waals surface area contributed by atoms with Crippen LogP contribution in [0.3, 0.4) is 0 Å².